The van der Waals surface area contributed by atoms with Gasteiger partial charge in [0.1, 0.15) is 18.3 Å². The molecular weight excluding hydrogens is 332 g/mol. The molecule has 0 bridgehead atoms. The molecule has 1 fully saturated rings. The van der Waals surface area contributed by atoms with Crippen molar-refractivity contribution in [2.45, 2.75) is 24.1 Å². The topological polar surface area (TPSA) is 155 Å². The third-order valence-corrected chi connectivity index (χ3v) is 4.13. The van der Waals surface area contributed by atoms with Crippen molar-refractivity contribution >= 4 is 23.7 Å². The van der Waals surface area contributed by atoms with E-state index in [4.69, 9.17) is 4.74 Å². The maximum absolute atomic E-state index is 10.2. The highest BCUT2D eigenvalue weighted by atomic mass is 16.6. The predicted octanol–water partition coefficient (Wildman–Crippen LogP) is -0.931. The summed E-state index contributed by atoms with van der Waals surface area (Å²) in [6, 6.07) is 2.89. The predicted molar refractivity (Wildman–Crippen MR) is 88.2 cm³/mol. The van der Waals surface area contributed by atoms with Crippen molar-refractivity contribution < 1.29 is 35.4 Å². The van der Waals surface area contributed by atoms with E-state index in [0.717, 1.165) is 0 Å². The summed E-state index contributed by atoms with van der Waals surface area (Å²) in [5.74, 6) is -2.68. The van der Waals surface area contributed by atoms with Gasteiger partial charge in [0, 0.05) is 18.0 Å². The number of nitrogens with zero attached hydrogens (tertiary/aromatic N) is 2. The number of hydrogen-bond acceptors (Lipinski definition) is 9. The number of aliphatic hydroxyl groups is 4. The Hall–Kier alpha value is -2.30. The van der Waals surface area contributed by atoms with Gasteiger partial charge < -0.3 is 35.4 Å². The molecule has 25 heavy (non-hydrogen) atoms. The average Bonchev–Trinajstić information content (AvgIpc) is 3.01. The Balaban J connectivity index is 1.72. The van der Waals surface area contributed by atoms with Crippen LogP contribution in [0.2, 0.25) is 0 Å². The van der Waals surface area contributed by atoms with Crippen molar-refractivity contribution in [1.82, 2.24) is 0 Å². The molecule has 2 aliphatic heterocycles. The number of phenols is 2. The van der Waals surface area contributed by atoms with E-state index < -0.39 is 24.1 Å². The van der Waals surface area contributed by atoms with Gasteiger partial charge in [-0.25, -0.2) is 0 Å². The van der Waals surface area contributed by atoms with Gasteiger partial charge >= 0.3 is 0 Å². The first kappa shape index (κ1) is 17.5. The Morgan fingerprint density at radius 3 is 2.80 bits per heavy atom. The molecule has 0 radical (unpaired) electrons. The number of aliphatic imine (C=N–C) groups is 2. The lowest BCUT2D eigenvalue weighted by Gasteiger charge is -2.40. The third kappa shape index (κ3) is 3.15. The van der Waals surface area contributed by atoms with Gasteiger partial charge in [-0.2, -0.15) is 0 Å². The second kappa shape index (κ2) is 6.54. The van der Waals surface area contributed by atoms with Gasteiger partial charge in [0.15, 0.2) is 11.5 Å². The van der Waals surface area contributed by atoms with E-state index in [-0.39, 0.29) is 24.7 Å². The van der Waals surface area contributed by atoms with Crippen LogP contribution in [-0.4, -0.2) is 80.3 Å². The fourth-order valence-electron chi connectivity index (χ4n) is 2.64. The van der Waals surface area contributed by atoms with Crippen LogP contribution in [0.1, 0.15) is 5.56 Å². The van der Waals surface area contributed by atoms with Crippen LogP contribution in [0.5, 0.6) is 11.5 Å². The Kier molecular flexibility index (Phi) is 4.58. The smallest absolute Gasteiger partial charge is 0.215 e. The summed E-state index contributed by atoms with van der Waals surface area (Å²) in [7, 11) is 0. The molecule has 134 valence electrons. The Morgan fingerprint density at radius 1 is 1.28 bits per heavy atom. The van der Waals surface area contributed by atoms with Gasteiger partial charge in [0.05, 0.1) is 24.4 Å². The first-order chi connectivity index (χ1) is 11.8. The molecule has 1 saturated heterocycles. The quantitative estimate of drug-likeness (QED) is 0.304. The van der Waals surface area contributed by atoms with Gasteiger partial charge in [-0.3, -0.25) is 9.98 Å². The monoisotopic (exact) mass is 350 g/mol. The van der Waals surface area contributed by atoms with E-state index in [0.29, 0.717) is 16.8 Å². The minimum Gasteiger partial charge on any atom is -0.504 e. The Morgan fingerprint density at radius 2 is 2.04 bits per heavy atom. The van der Waals surface area contributed by atoms with E-state index in [2.05, 4.69) is 9.98 Å². The van der Waals surface area contributed by atoms with E-state index in [1.165, 1.54) is 24.6 Å². The summed E-state index contributed by atoms with van der Waals surface area (Å²) >= 11 is 0. The second-order valence-corrected chi connectivity index (χ2v) is 5.86. The van der Waals surface area contributed by atoms with Crippen molar-refractivity contribution in [1.29, 1.82) is 0 Å². The molecule has 0 unspecified atom stereocenters. The first-order valence-electron chi connectivity index (χ1n) is 7.53. The first-order valence-corrected chi connectivity index (χ1v) is 7.53. The number of aliphatic hydroxyl groups excluding tert-OH is 3. The van der Waals surface area contributed by atoms with E-state index in [1.54, 1.807) is 6.07 Å². The normalized spacial score (nSPS) is 33.3. The molecule has 9 heteroatoms. The van der Waals surface area contributed by atoms with Crippen molar-refractivity contribution in [2.75, 3.05) is 13.2 Å². The highest BCUT2D eigenvalue weighted by Crippen LogP contribution is 2.42. The summed E-state index contributed by atoms with van der Waals surface area (Å²) in [6.45, 7) is -0.712. The maximum Gasteiger partial charge on any atom is 0.215 e. The molecule has 2 aliphatic rings. The van der Waals surface area contributed by atoms with Gasteiger partial charge in [0.25, 0.3) is 0 Å². The van der Waals surface area contributed by atoms with Gasteiger partial charge in [0.2, 0.25) is 5.79 Å². The average molecular weight is 350 g/mol. The minimum atomic E-state index is -2.12. The Bertz CT molecular complexity index is 761. The molecule has 1 aromatic carbocycles. The van der Waals surface area contributed by atoms with Crippen LogP contribution in [0, 0.1) is 0 Å². The van der Waals surface area contributed by atoms with Crippen LogP contribution in [0.4, 0.5) is 5.69 Å². The number of hydrogen-bond donors (Lipinski definition) is 6. The Labute approximate surface area is 142 Å². The molecule has 9 nitrogen and oxygen atoms in total. The molecule has 3 rings (SSSR count). The van der Waals surface area contributed by atoms with Crippen LogP contribution in [0.3, 0.4) is 0 Å². The fourth-order valence-corrected chi connectivity index (χ4v) is 2.64. The SMILES string of the molecule is Oc1ccc2c(c1O)/C(=C/C=NC[C@@]1(O)OC[C@@H](O)[C@H](O)[C@@H]1O)C=N2. The third-order valence-electron chi connectivity index (χ3n) is 4.13. The van der Waals surface area contributed by atoms with Crippen molar-refractivity contribution in [3.05, 3.63) is 23.8 Å². The number of phenolic OH excluding ortho intramolecular Hbond substituents is 2. The minimum absolute atomic E-state index is 0.271. The van der Waals surface area contributed by atoms with E-state index >= 15 is 0 Å². The van der Waals surface area contributed by atoms with Crippen LogP contribution < -0.4 is 0 Å². The zero-order chi connectivity index (χ0) is 18.2. The number of aromatic hydroxyl groups is 2. The van der Waals surface area contributed by atoms with Gasteiger partial charge in [-0.05, 0) is 18.2 Å². The van der Waals surface area contributed by atoms with Crippen LogP contribution in [-0.2, 0) is 4.74 Å². The van der Waals surface area contributed by atoms with Crippen molar-refractivity contribution in [3.8, 4) is 11.5 Å². The van der Waals surface area contributed by atoms with Crippen molar-refractivity contribution in [3.63, 3.8) is 0 Å². The van der Waals surface area contributed by atoms with Gasteiger partial charge in [-0.1, -0.05) is 0 Å². The zero-order valence-corrected chi connectivity index (χ0v) is 13.0. The number of ether oxygens (including phenoxy) is 1. The second-order valence-electron chi connectivity index (χ2n) is 5.86. The summed E-state index contributed by atoms with van der Waals surface area (Å²) in [5.41, 5.74) is 1.36. The number of fused-ring (bicyclic) bond motifs is 1. The molecule has 0 aliphatic carbocycles. The molecule has 1 aromatic rings. The standard InChI is InChI=1S/C16H18N2O7/c19-10-2-1-9-12(13(10)21)8(5-18-9)3-4-17-7-16(24)15(23)14(22)11(20)6-25-16/h1-5,11,14-15,19-24H,6-7H2/b8-3+,17-4?/t11-,14+,15+,16-/m1/s1. The van der Waals surface area contributed by atoms with Crippen LogP contribution in [0.25, 0.3) is 5.57 Å². The van der Waals surface area contributed by atoms with Gasteiger partial charge in [-0.15, -0.1) is 0 Å². The van der Waals surface area contributed by atoms with Crippen molar-refractivity contribution in [2.24, 2.45) is 9.98 Å². The summed E-state index contributed by atoms with van der Waals surface area (Å²) < 4.78 is 4.99. The zero-order valence-electron chi connectivity index (χ0n) is 13.0. The summed E-state index contributed by atoms with van der Waals surface area (Å²) in [4.78, 5) is 8.02. The fraction of sp³-hybridized carbons (Fsp3) is 0.375. The highest BCUT2D eigenvalue weighted by Gasteiger charge is 2.48. The van der Waals surface area contributed by atoms with E-state index in [1.807, 2.05) is 0 Å². The highest BCUT2D eigenvalue weighted by molar-refractivity contribution is 6.20. The molecule has 0 aromatic heterocycles. The molecule has 0 amide bonds. The molecule has 2 heterocycles. The molecule has 6 N–H and O–H groups in total. The number of allylic oxidation sites excluding steroid dienone is 2. The molecule has 0 saturated carbocycles. The maximum atomic E-state index is 10.2. The summed E-state index contributed by atoms with van der Waals surface area (Å²) in [5, 5.41) is 58.5. The molecule has 0 spiro atoms. The lowest BCUT2D eigenvalue weighted by Crippen LogP contribution is -2.62. The lowest BCUT2D eigenvalue weighted by molar-refractivity contribution is -0.315. The largest absolute Gasteiger partial charge is 0.504 e. The number of rotatable bonds is 3. The van der Waals surface area contributed by atoms with Crippen LogP contribution >= 0.6 is 0 Å². The summed E-state index contributed by atoms with van der Waals surface area (Å²) in [6.07, 6.45) is -0.250. The lowest BCUT2D eigenvalue weighted by atomic mass is 9.97. The van der Waals surface area contributed by atoms with E-state index in [9.17, 15) is 30.6 Å². The molecule has 4 atom stereocenters. The number of benzene rings is 1. The van der Waals surface area contributed by atoms with Crippen LogP contribution in [0.15, 0.2) is 28.2 Å². The molecular formula is C16H18N2O7.